The van der Waals surface area contributed by atoms with Crippen molar-refractivity contribution in [2.75, 3.05) is 25.0 Å². The first-order chi connectivity index (χ1) is 18.8. The van der Waals surface area contributed by atoms with Crippen LogP contribution in [0.4, 0.5) is 5.95 Å². The maximum absolute atomic E-state index is 13.8. The van der Waals surface area contributed by atoms with Crippen molar-refractivity contribution < 1.29 is 27.4 Å². The predicted octanol–water partition coefficient (Wildman–Crippen LogP) is 4.44. The number of ether oxygens (including phenoxy) is 4. The lowest BCUT2D eigenvalue weighted by molar-refractivity contribution is -0.258. The van der Waals surface area contributed by atoms with Crippen LogP contribution in [-0.2, 0) is 24.2 Å². The Hall–Kier alpha value is -2.65. The number of nitrogens with one attached hydrogen (secondary N) is 1. The van der Waals surface area contributed by atoms with Crippen LogP contribution in [0.2, 0.25) is 0 Å². The smallest absolute Gasteiger partial charge is 0.240 e. The van der Waals surface area contributed by atoms with Crippen molar-refractivity contribution in [2.45, 2.75) is 70.8 Å². The van der Waals surface area contributed by atoms with Gasteiger partial charge >= 0.3 is 0 Å². The first-order valence-corrected chi connectivity index (χ1v) is 15.2. The Morgan fingerprint density at radius 1 is 1.12 bits per heavy atom. The first kappa shape index (κ1) is 30.3. The van der Waals surface area contributed by atoms with Gasteiger partial charge in [-0.1, -0.05) is 15.9 Å². The summed E-state index contributed by atoms with van der Waals surface area (Å²) in [6.45, 7) is 11.2. The molecule has 4 rings (SSSR count). The second-order valence-electron chi connectivity index (χ2n) is 10.3. The lowest BCUT2D eigenvalue weighted by atomic mass is 10.1. The molecule has 3 aromatic rings. The minimum atomic E-state index is -4.09. The third kappa shape index (κ3) is 6.79. The number of hydrogen-bond acceptors (Lipinski definition) is 10. The SMILES string of the molecule is COc1ccc(Br)c(-c2nnc(NS(=O)(=O)C(C)C(OC(C)C)c3ncc(C)cn3)n2C2COC(C)(C)OC2)c1. The summed E-state index contributed by atoms with van der Waals surface area (Å²) in [6, 6.07) is 5.00. The molecule has 0 amide bonds. The van der Waals surface area contributed by atoms with Crippen LogP contribution >= 0.6 is 15.9 Å². The monoisotopic (exact) mass is 638 g/mol. The highest BCUT2D eigenvalue weighted by Crippen LogP contribution is 2.36. The van der Waals surface area contributed by atoms with E-state index in [2.05, 4.69) is 40.8 Å². The van der Waals surface area contributed by atoms with Crippen LogP contribution < -0.4 is 9.46 Å². The van der Waals surface area contributed by atoms with E-state index < -0.39 is 33.2 Å². The van der Waals surface area contributed by atoms with E-state index in [9.17, 15) is 8.42 Å². The van der Waals surface area contributed by atoms with Gasteiger partial charge in [-0.25, -0.2) is 18.4 Å². The Bertz CT molecular complexity index is 1420. The summed E-state index contributed by atoms with van der Waals surface area (Å²) in [4.78, 5) is 8.67. The molecule has 1 aliphatic heterocycles. The maximum Gasteiger partial charge on any atom is 0.240 e. The molecule has 0 radical (unpaired) electrons. The van der Waals surface area contributed by atoms with Crippen molar-refractivity contribution in [3.8, 4) is 17.1 Å². The Balaban J connectivity index is 1.74. The van der Waals surface area contributed by atoms with Gasteiger partial charge in [0, 0.05) is 22.4 Å². The van der Waals surface area contributed by atoms with Gasteiger partial charge in [0.1, 0.15) is 17.1 Å². The number of hydrogen-bond donors (Lipinski definition) is 1. The van der Waals surface area contributed by atoms with Crippen molar-refractivity contribution in [1.29, 1.82) is 0 Å². The molecule has 2 unspecified atom stereocenters. The van der Waals surface area contributed by atoms with Gasteiger partial charge in [-0.05, 0) is 65.3 Å². The molecule has 40 heavy (non-hydrogen) atoms. The summed E-state index contributed by atoms with van der Waals surface area (Å²) >= 11 is 3.57. The summed E-state index contributed by atoms with van der Waals surface area (Å²) in [5, 5.41) is 7.55. The van der Waals surface area contributed by atoms with Crippen molar-refractivity contribution >= 4 is 31.9 Å². The van der Waals surface area contributed by atoms with Crippen LogP contribution in [0.3, 0.4) is 0 Å². The number of halogens is 1. The topological polar surface area (TPSA) is 140 Å². The second-order valence-corrected chi connectivity index (χ2v) is 13.2. The Labute approximate surface area is 243 Å². The molecule has 1 saturated heterocycles. The summed E-state index contributed by atoms with van der Waals surface area (Å²) < 4.78 is 55.8. The fourth-order valence-corrected chi connectivity index (χ4v) is 5.65. The maximum atomic E-state index is 13.8. The van der Waals surface area contributed by atoms with Crippen LogP contribution in [0.5, 0.6) is 5.75 Å². The van der Waals surface area contributed by atoms with Crippen LogP contribution in [0, 0.1) is 6.92 Å². The molecule has 1 aliphatic rings. The second kappa shape index (κ2) is 12.1. The number of sulfonamides is 1. The summed E-state index contributed by atoms with van der Waals surface area (Å²) in [7, 11) is -2.52. The number of aryl methyl sites for hydroxylation is 1. The molecule has 0 bridgehead atoms. The van der Waals surface area contributed by atoms with E-state index in [0.29, 0.717) is 17.1 Å². The number of benzene rings is 1. The van der Waals surface area contributed by atoms with E-state index >= 15 is 0 Å². The fourth-order valence-electron chi connectivity index (χ4n) is 4.13. The van der Waals surface area contributed by atoms with Crippen molar-refractivity contribution in [3.63, 3.8) is 0 Å². The van der Waals surface area contributed by atoms with E-state index in [-0.39, 0.29) is 31.1 Å². The first-order valence-electron chi connectivity index (χ1n) is 12.8. The van der Waals surface area contributed by atoms with E-state index in [1.54, 1.807) is 43.1 Å². The standard InChI is InChI=1S/C26H35BrN6O6S/c1-15(2)39-22(23-28-11-16(3)12-29-23)17(4)40(34,35)32-25-31-30-24(20-10-19(36-7)8-9-21(20)27)33(25)18-13-37-26(5,6)38-14-18/h8-12,15,17-18,22H,13-14H2,1-7H3,(H,31,32). The normalized spacial score (nSPS) is 17.5. The van der Waals surface area contributed by atoms with Crippen molar-refractivity contribution in [1.82, 2.24) is 24.7 Å². The Morgan fingerprint density at radius 2 is 1.77 bits per heavy atom. The third-order valence-electron chi connectivity index (χ3n) is 6.35. The number of methoxy groups -OCH3 is 1. The van der Waals surface area contributed by atoms with E-state index in [1.165, 1.54) is 0 Å². The molecule has 2 aromatic heterocycles. The molecular formula is C26H35BrN6O6S. The molecule has 0 aliphatic carbocycles. The number of nitrogens with zero attached hydrogens (tertiary/aromatic N) is 5. The number of rotatable bonds is 10. The number of anilines is 1. The van der Waals surface area contributed by atoms with Crippen molar-refractivity contribution in [3.05, 3.63) is 46.5 Å². The molecule has 1 fully saturated rings. The van der Waals surface area contributed by atoms with Gasteiger partial charge in [-0.3, -0.25) is 9.29 Å². The highest BCUT2D eigenvalue weighted by atomic mass is 79.9. The van der Waals surface area contributed by atoms with Crippen LogP contribution in [0.15, 0.2) is 35.1 Å². The molecule has 0 spiro atoms. The zero-order valence-electron chi connectivity index (χ0n) is 23.6. The van der Waals surface area contributed by atoms with Gasteiger partial charge in [0.25, 0.3) is 0 Å². The third-order valence-corrected chi connectivity index (χ3v) is 8.73. The Kier molecular flexibility index (Phi) is 9.15. The van der Waals surface area contributed by atoms with E-state index in [1.807, 2.05) is 40.7 Å². The Morgan fingerprint density at radius 3 is 2.38 bits per heavy atom. The predicted molar refractivity (Wildman–Crippen MR) is 152 cm³/mol. The van der Waals surface area contributed by atoms with Gasteiger partial charge < -0.3 is 18.9 Å². The van der Waals surface area contributed by atoms with Crippen LogP contribution in [0.1, 0.15) is 58.2 Å². The minimum Gasteiger partial charge on any atom is -0.497 e. The molecule has 218 valence electrons. The zero-order valence-corrected chi connectivity index (χ0v) is 26.0. The fraction of sp³-hybridized carbons (Fsp3) is 0.538. The van der Waals surface area contributed by atoms with E-state index in [0.717, 1.165) is 10.0 Å². The van der Waals surface area contributed by atoms with Gasteiger partial charge in [0.2, 0.25) is 16.0 Å². The highest BCUT2D eigenvalue weighted by Gasteiger charge is 2.37. The largest absolute Gasteiger partial charge is 0.497 e. The van der Waals surface area contributed by atoms with Gasteiger partial charge in [-0.15, -0.1) is 10.2 Å². The highest BCUT2D eigenvalue weighted by molar-refractivity contribution is 9.10. The molecule has 1 aromatic carbocycles. The molecule has 2 atom stereocenters. The lowest BCUT2D eigenvalue weighted by Crippen LogP contribution is -2.41. The number of aromatic nitrogens is 5. The molecular weight excluding hydrogens is 604 g/mol. The quantitative estimate of drug-likeness (QED) is 0.339. The van der Waals surface area contributed by atoms with Gasteiger partial charge in [0.15, 0.2) is 17.4 Å². The van der Waals surface area contributed by atoms with Crippen LogP contribution in [-0.4, -0.2) is 70.6 Å². The molecule has 0 saturated carbocycles. The molecule has 3 heterocycles. The van der Waals surface area contributed by atoms with Gasteiger partial charge in [-0.2, -0.15) is 0 Å². The lowest BCUT2D eigenvalue weighted by Gasteiger charge is -2.36. The average Bonchev–Trinajstić information content (AvgIpc) is 3.30. The molecule has 1 N–H and O–H groups in total. The summed E-state index contributed by atoms with van der Waals surface area (Å²) in [5.41, 5.74) is 1.51. The van der Waals surface area contributed by atoms with Gasteiger partial charge in [0.05, 0.1) is 32.5 Å². The van der Waals surface area contributed by atoms with Crippen LogP contribution in [0.25, 0.3) is 11.4 Å². The molecule has 14 heteroatoms. The summed E-state index contributed by atoms with van der Waals surface area (Å²) in [6.07, 6.45) is 2.06. The molecule has 12 nitrogen and oxygen atoms in total. The minimum absolute atomic E-state index is 0.0154. The van der Waals surface area contributed by atoms with E-state index in [4.69, 9.17) is 18.9 Å². The summed E-state index contributed by atoms with van der Waals surface area (Å²) in [5.74, 6) is 0.528. The van der Waals surface area contributed by atoms with Crippen molar-refractivity contribution in [2.24, 2.45) is 0 Å². The zero-order chi connectivity index (χ0) is 29.2. The average molecular weight is 640 g/mol.